The molecule has 0 saturated carbocycles. The molecule has 1 heterocycles. The van der Waals surface area contributed by atoms with Crippen LogP contribution in [0.1, 0.15) is 32.6 Å². The van der Waals surface area contributed by atoms with Crippen molar-refractivity contribution in [3.63, 3.8) is 0 Å². The number of hydrogen-bond acceptors (Lipinski definition) is 3. The van der Waals surface area contributed by atoms with Gasteiger partial charge < -0.3 is 15.4 Å². The molecule has 3 heteroatoms. The van der Waals surface area contributed by atoms with Crippen LogP contribution in [0.3, 0.4) is 0 Å². The van der Waals surface area contributed by atoms with Crippen LogP contribution >= 0.6 is 0 Å². The van der Waals surface area contributed by atoms with Crippen molar-refractivity contribution in [2.45, 2.75) is 44.8 Å². The number of ether oxygens (including phenoxy) is 1. The van der Waals surface area contributed by atoms with Gasteiger partial charge in [0.1, 0.15) is 0 Å². The van der Waals surface area contributed by atoms with E-state index < -0.39 is 0 Å². The first-order valence-corrected chi connectivity index (χ1v) is 5.78. The largest absolute Gasteiger partial charge is 0.377 e. The highest BCUT2D eigenvalue weighted by molar-refractivity contribution is 4.70. The number of likely N-dealkylation sites (N-methyl/N-ethyl adjacent to an activating group) is 1. The molecule has 1 saturated heterocycles. The van der Waals surface area contributed by atoms with E-state index in [2.05, 4.69) is 18.9 Å². The molecule has 2 N–H and O–H groups in total. The monoisotopic (exact) mass is 200 g/mol. The Bertz CT molecular complexity index is 146. The van der Waals surface area contributed by atoms with Gasteiger partial charge in [0.2, 0.25) is 0 Å². The van der Waals surface area contributed by atoms with Crippen molar-refractivity contribution in [3.8, 4) is 0 Å². The van der Waals surface area contributed by atoms with Gasteiger partial charge in [-0.05, 0) is 39.3 Å². The Labute approximate surface area is 87.6 Å². The van der Waals surface area contributed by atoms with Crippen LogP contribution in [-0.2, 0) is 4.74 Å². The molecule has 3 nitrogen and oxygen atoms in total. The van der Waals surface area contributed by atoms with E-state index in [9.17, 15) is 0 Å². The molecule has 0 aliphatic carbocycles. The minimum Gasteiger partial charge on any atom is -0.377 e. The lowest BCUT2D eigenvalue weighted by Gasteiger charge is -2.21. The zero-order valence-electron chi connectivity index (χ0n) is 9.54. The quantitative estimate of drug-likeness (QED) is 0.701. The average molecular weight is 200 g/mol. The Balaban J connectivity index is 2.05. The fourth-order valence-electron chi connectivity index (χ4n) is 1.82. The number of rotatable bonds is 6. The van der Waals surface area contributed by atoms with Crippen molar-refractivity contribution in [2.75, 3.05) is 26.7 Å². The van der Waals surface area contributed by atoms with E-state index in [1.807, 2.05) is 0 Å². The Hall–Kier alpha value is -0.120. The molecular weight excluding hydrogens is 176 g/mol. The molecule has 1 fully saturated rings. The Morgan fingerprint density at radius 2 is 2.36 bits per heavy atom. The maximum atomic E-state index is 5.87. The van der Waals surface area contributed by atoms with Gasteiger partial charge in [-0.1, -0.05) is 6.92 Å². The van der Waals surface area contributed by atoms with Gasteiger partial charge in [-0.2, -0.15) is 0 Å². The zero-order valence-corrected chi connectivity index (χ0v) is 9.54. The molecule has 2 atom stereocenters. The highest BCUT2D eigenvalue weighted by Crippen LogP contribution is 2.12. The van der Waals surface area contributed by atoms with Gasteiger partial charge in [0, 0.05) is 19.2 Å². The van der Waals surface area contributed by atoms with Crippen LogP contribution in [0.2, 0.25) is 0 Å². The molecule has 84 valence electrons. The van der Waals surface area contributed by atoms with Crippen LogP contribution in [0.4, 0.5) is 0 Å². The lowest BCUT2D eigenvalue weighted by molar-refractivity contribution is 0.0804. The van der Waals surface area contributed by atoms with E-state index in [1.54, 1.807) is 0 Å². The first-order chi connectivity index (χ1) is 6.72. The average Bonchev–Trinajstić information content (AvgIpc) is 2.66. The predicted molar refractivity (Wildman–Crippen MR) is 59.4 cm³/mol. The van der Waals surface area contributed by atoms with E-state index in [1.165, 1.54) is 12.8 Å². The van der Waals surface area contributed by atoms with Gasteiger partial charge in [0.05, 0.1) is 6.10 Å². The van der Waals surface area contributed by atoms with Crippen molar-refractivity contribution in [3.05, 3.63) is 0 Å². The minimum atomic E-state index is 0.363. The van der Waals surface area contributed by atoms with Crippen molar-refractivity contribution in [1.29, 1.82) is 0 Å². The Morgan fingerprint density at radius 3 is 2.93 bits per heavy atom. The molecule has 1 aliphatic heterocycles. The van der Waals surface area contributed by atoms with Crippen LogP contribution in [0, 0.1) is 0 Å². The summed E-state index contributed by atoms with van der Waals surface area (Å²) >= 11 is 0. The molecule has 0 spiro atoms. The third kappa shape index (κ3) is 4.40. The van der Waals surface area contributed by atoms with Crippen LogP contribution < -0.4 is 5.73 Å². The van der Waals surface area contributed by atoms with Gasteiger partial charge in [-0.25, -0.2) is 0 Å². The third-order valence-corrected chi connectivity index (χ3v) is 2.95. The van der Waals surface area contributed by atoms with Crippen LogP contribution in [0.15, 0.2) is 0 Å². The lowest BCUT2D eigenvalue weighted by Crippen LogP contribution is -2.32. The summed E-state index contributed by atoms with van der Waals surface area (Å²) in [5.74, 6) is 0. The molecule has 0 amide bonds. The maximum absolute atomic E-state index is 5.87. The number of hydrogen-bond donors (Lipinski definition) is 1. The minimum absolute atomic E-state index is 0.363. The standard InChI is InChI=1S/C11H24N2O/c1-3-10(12)6-7-13(2)9-11-5-4-8-14-11/h10-11H,3-9,12H2,1-2H3. The fourth-order valence-corrected chi connectivity index (χ4v) is 1.82. The summed E-state index contributed by atoms with van der Waals surface area (Å²) in [5, 5.41) is 0. The molecule has 2 unspecified atom stereocenters. The van der Waals surface area contributed by atoms with E-state index in [-0.39, 0.29) is 0 Å². The van der Waals surface area contributed by atoms with Gasteiger partial charge >= 0.3 is 0 Å². The van der Waals surface area contributed by atoms with Crippen LogP contribution in [0.5, 0.6) is 0 Å². The van der Waals surface area contributed by atoms with Crippen LogP contribution in [-0.4, -0.2) is 43.8 Å². The molecule has 0 bridgehead atoms. The lowest BCUT2D eigenvalue weighted by atomic mass is 10.1. The van der Waals surface area contributed by atoms with Gasteiger partial charge in [0.15, 0.2) is 0 Å². The van der Waals surface area contributed by atoms with Gasteiger partial charge in [-0.15, -0.1) is 0 Å². The van der Waals surface area contributed by atoms with Crippen molar-refractivity contribution in [2.24, 2.45) is 5.73 Å². The molecule has 0 aromatic carbocycles. The summed E-state index contributed by atoms with van der Waals surface area (Å²) < 4.78 is 5.58. The molecule has 0 aromatic heterocycles. The first-order valence-electron chi connectivity index (χ1n) is 5.78. The van der Waals surface area contributed by atoms with Crippen molar-refractivity contribution < 1.29 is 4.74 Å². The van der Waals surface area contributed by atoms with Gasteiger partial charge in [-0.3, -0.25) is 0 Å². The first kappa shape index (κ1) is 12.0. The SMILES string of the molecule is CCC(N)CCN(C)CC1CCCO1. The molecule has 1 rings (SSSR count). The van der Waals surface area contributed by atoms with Crippen molar-refractivity contribution in [1.82, 2.24) is 4.90 Å². The molecule has 0 aromatic rings. The second-order valence-electron chi connectivity index (χ2n) is 4.35. The number of nitrogens with two attached hydrogens (primary N) is 1. The smallest absolute Gasteiger partial charge is 0.0702 e. The molecule has 0 radical (unpaired) electrons. The molecular formula is C11H24N2O. The Kier molecular flexibility index (Phi) is 5.45. The van der Waals surface area contributed by atoms with Gasteiger partial charge in [0.25, 0.3) is 0 Å². The second kappa shape index (κ2) is 6.38. The fraction of sp³-hybridized carbons (Fsp3) is 1.00. The summed E-state index contributed by atoms with van der Waals surface area (Å²) in [4.78, 5) is 2.34. The zero-order chi connectivity index (χ0) is 10.4. The van der Waals surface area contributed by atoms with Crippen LogP contribution in [0.25, 0.3) is 0 Å². The predicted octanol–water partition coefficient (Wildman–Crippen LogP) is 1.22. The molecule has 14 heavy (non-hydrogen) atoms. The highest BCUT2D eigenvalue weighted by atomic mass is 16.5. The maximum Gasteiger partial charge on any atom is 0.0702 e. The Morgan fingerprint density at radius 1 is 1.57 bits per heavy atom. The third-order valence-electron chi connectivity index (χ3n) is 2.95. The molecule has 1 aliphatic rings. The summed E-state index contributed by atoms with van der Waals surface area (Å²) in [6.45, 7) is 5.25. The van der Waals surface area contributed by atoms with E-state index >= 15 is 0 Å². The van der Waals surface area contributed by atoms with E-state index in [0.717, 1.165) is 32.5 Å². The summed E-state index contributed by atoms with van der Waals surface area (Å²) in [7, 11) is 2.16. The van der Waals surface area contributed by atoms with E-state index in [4.69, 9.17) is 10.5 Å². The summed E-state index contributed by atoms with van der Waals surface area (Å²) in [6.07, 6.45) is 5.10. The summed E-state index contributed by atoms with van der Waals surface area (Å²) in [6, 6.07) is 0.363. The summed E-state index contributed by atoms with van der Waals surface area (Å²) in [5.41, 5.74) is 5.87. The second-order valence-corrected chi connectivity index (χ2v) is 4.35. The highest BCUT2D eigenvalue weighted by Gasteiger charge is 2.17. The topological polar surface area (TPSA) is 38.5 Å². The normalized spacial score (nSPS) is 24.4. The van der Waals surface area contributed by atoms with Crippen molar-refractivity contribution >= 4 is 0 Å². The van der Waals surface area contributed by atoms with E-state index in [0.29, 0.717) is 12.1 Å². The number of nitrogens with zero attached hydrogens (tertiary/aromatic N) is 1.